The lowest BCUT2D eigenvalue weighted by Crippen LogP contribution is -2.23. The van der Waals surface area contributed by atoms with Crippen LogP contribution >= 0.6 is 22.6 Å². The van der Waals surface area contributed by atoms with Crippen LogP contribution in [-0.4, -0.2) is 0 Å². The summed E-state index contributed by atoms with van der Waals surface area (Å²) >= 11 is 2.37. The van der Waals surface area contributed by atoms with E-state index in [-0.39, 0.29) is 5.41 Å². The Bertz CT molecular complexity index is 1050. The smallest absolute Gasteiger partial charge is 0.0136 e. The molecule has 0 aliphatic heterocycles. The quantitative estimate of drug-likeness (QED) is 0.273. The zero-order valence-corrected chi connectivity index (χ0v) is 18.3. The summed E-state index contributed by atoms with van der Waals surface area (Å²) in [4.78, 5) is 0. The highest BCUT2D eigenvalue weighted by Crippen LogP contribution is 2.51. The number of allylic oxidation sites excluding steroid dienone is 3. The molecule has 136 valence electrons. The van der Waals surface area contributed by atoms with Gasteiger partial charge >= 0.3 is 0 Å². The molecule has 0 spiro atoms. The van der Waals surface area contributed by atoms with Gasteiger partial charge in [-0.2, -0.15) is 0 Å². The van der Waals surface area contributed by atoms with Crippen LogP contribution in [0.25, 0.3) is 21.9 Å². The molecule has 0 fully saturated rings. The Labute approximate surface area is 176 Å². The fraction of sp³-hybridized carbons (Fsp3) is 0.231. The first-order valence-electron chi connectivity index (χ1n) is 9.55. The van der Waals surface area contributed by atoms with E-state index in [0.717, 1.165) is 0 Å². The van der Waals surface area contributed by atoms with Gasteiger partial charge in [-0.1, -0.05) is 82.0 Å². The van der Waals surface area contributed by atoms with Gasteiger partial charge in [0.1, 0.15) is 0 Å². The van der Waals surface area contributed by atoms with Crippen molar-refractivity contribution in [2.75, 3.05) is 0 Å². The molecule has 1 aliphatic rings. The molecule has 0 aromatic heterocycles. The zero-order valence-electron chi connectivity index (χ0n) is 16.2. The molecule has 2 unspecified atom stereocenters. The van der Waals surface area contributed by atoms with Gasteiger partial charge in [-0.3, -0.25) is 0 Å². The summed E-state index contributed by atoms with van der Waals surface area (Å²) < 4.78 is 1.28. The summed E-state index contributed by atoms with van der Waals surface area (Å²) in [6.45, 7) is 10.9. The fourth-order valence-corrected chi connectivity index (χ4v) is 5.21. The second kappa shape index (κ2) is 6.94. The average Bonchev–Trinajstić information content (AvgIpc) is 2.85. The van der Waals surface area contributed by atoms with Crippen molar-refractivity contribution in [3.63, 3.8) is 0 Å². The van der Waals surface area contributed by atoms with Gasteiger partial charge in [0.05, 0.1) is 0 Å². The molecular formula is C26H25I. The summed E-state index contributed by atoms with van der Waals surface area (Å²) in [5, 5.41) is 2.60. The van der Waals surface area contributed by atoms with Crippen LogP contribution in [0.2, 0.25) is 0 Å². The molecular weight excluding hydrogens is 439 g/mol. The molecule has 3 aromatic rings. The van der Waals surface area contributed by atoms with Crippen molar-refractivity contribution in [1.82, 2.24) is 0 Å². The predicted octanol–water partition coefficient (Wildman–Crippen LogP) is 7.86. The third-order valence-corrected chi connectivity index (χ3v) is 6.87. The van der Waals surface area contributed by atoms with Crippen molar-refractivity contribution in [3.8, 4) is 11.1 Å². The minimum atomic E-state index is 0.122. The highest BCUT2D eigenvalue weighted by atomic mass is 127. The number of hydrogen-bond donors (Lipinski definition) is 0. The van der Waals surface area contributed by atoms with Crippen molar-refractivity contribution in [1.29, 1.82) is 0 Å². The van der Waals surface area contributed by atoms with Gasteiger partial charge in [-0.25, -0.2) is 0 Å². The molecule has 2 atom stereocenters. The lowest BCUT2D eigenvalue weighted by Gasteiger charge is -2.28. The summed E-state index contributed by atoms with van der Waals surface area (Å²) in [6.07, 6.45) is 6.31. The second-order valence-corrected chi connectivity index (χ2v) is 9.41. The van der Waals surface area contributed by atoms with E-state index in [0.29, 0.717) is 11.8 Å². The topological polar surface area (TPSA) is 0 Å². The number of fused-ring (bicyclic) bond motifs is 2. The molecule has 1 heteroatoms. The minimum absolute atomic E-state index is 0.122. The van der Waals surface area contributed by atoms with Crippen LogP contribution in [0.4, 0.5) is 0 Å². The van der Waals surface area contributed by atoms with E-state index < -0.39 is 0 Å². The van der Waals surface area contributed by atoms with Gasteiger partial charge in [0, 0.05) is 3.57 Å². The van der Waals surface area contributed by atoms with Crippen LogP contribution in [-0.2, 0) is 5.41 Å². The van der Waals surface area contributed by atoms with E-state index in [1.165, 1.54) is 36.6 Å². The maximum Gasteiger partial charge on any atom is 0.0136 e. The standard InChI is InChI=1S/C26H25I/c1-5-6-7-24-17(2)23-13-11-21(16-25(23)26(24,3)4)18-8-9-20-15-22(27)12-10-19(20)14-18/h5-17,24H,1H2,2-4H3/b7-6-. The summed E-state index contributed by atoms with van der Waals surface area (Å²) in [5.41, 5.74) is 5.69. The highest BCUT2D eigenvalue weighted by molar-refractivity contribution is 14.1. The molecule has 4 rings (SSSR count). The summed E-state index contributed by atoms with van der Waals surface area (Å²) in [7, 11) is 0. The molecule has 27 heavy (non-hydrogen) atoms. The van der Waals surface area contributed by atoms with Crippen LogP contribution in [0, 0.1) is 9.49 Å². The van der Waals surface area contributed by atoms with Gasteiger partial charge in [-0.05, 0) is 91.1 Å². The van der Waals surface area contributed by atoms with Crippen molar-refractivity contribution in [3.05, 3.63) is 94.1 Å². The van der Waals surface area contributed by atoms with E-state index in [1.807, 2.05) is 6.08 Å². The van der Waals surface area contributed by atoms with Crippen molar-refractivity contribution < 1.29 is 0 Å². The Morgan fingerprint density at radius 1 is 0.926 bits per heavy atom. The summed E-state index contributed by atoms with van der Waals surface area (Å²) in [6, 6.07) is 20.5. The van der Waals surface area contributed by atoms with Gasteiger partial charge in [0.15, 0.2) is 0 Å². The first kappa shape index (κ1) is 18.5. The molecule has 0 N–H and O–H groups in total. The average molecular weight is 464 g/mol. The fourth-order valence-electron chi connectivity index (χ4n) is 4.69. The van der Waals surface area contributed by atoms with Crippen molar-refractivity contribution in [2.45, 2.75) is 32.1 Å². The van der Waals surface area contributed by atoms with Gasteiger partial charge < -0.3 is 0 Å². The first-order chi connectivity index (χ1) is 12.9. The molecule has 0 saturated heterocycles. The SMILES string of the molecule is C=C/C=C\C1C(C)c2ccc(-c3ccc4cc(I)ccc4c3)cc2C1(C)C. The Balaban J connectivity index is 1.79. The molecule has 0 saturated carbocycles. The Morgan fingerprint density at radius 3 is 2.37 bits per heavy atom. The van der Waals surface area contributed by atoms with Crippen LogP contribution in [0.3, 0.4) is 0 Å². The maximum absolute atomic E-state index is 3.84. The normalized spacial score (nSPS) is 20.9. The van der Waals surface area contributed by atoms with Crippen LogP contribution in [0.1, 0.15) is 37.8 Å². The molecule has 0 bridgehead atoms. The third-order valence-electron chi connectivity index (χ3n) is 6.20. The van der Waals surface area contributed by atoms with Crippen molar-refractivity contribution in [2.24, 2.45) is 5.92 Å². The first-order valence-corrected chi connectivity index (χ1v) is 10.6. The van der Waals surface area contributed by atoms with E-state index in [1.54, 1.807) is 0 Å². The Hall–Kier alpha value is -1.87. The van der Waals surface area contributed by atoms with Gasteiger partial charge in [-0.15, -0.1) is 0 Å². The Morgan fingerprint density at radius 2 is 1.59 bits per heavy atom. The third kappa shape index (κ3) is 3.16. The van der Waals surface area contributed by atoms with E-state index in [4.69, 9.17) is 0 Å². The van der Waals surface area contributed by atoms with E-state index in [9.17, 15) is 0 Å². The number of rotatable bonds is 3. The van der Waals surface area contributed by atoms with E-state index >= 15 is 0 Å². The van der Waals surface area contributed by atoms with Gasteiger partial charge in [0.25, 0.3) is 0 Å². The van der Waals surface area contributed by atoms with Crippen LogP contribution < -0.4 is 0 Å². The molecule has 3 aromatic carbocycles. The number of benzene rings is 3. The van der Waals surface area contributed by atoms with Crippen LogP contribution in [0.15, 0.2) is 79.4 Å². The predicted molar refractivity (Wildman–Crippen MR) is 126 cm³/mol. The largest absolute Gasteiger partial charge is 0.0991 e. The minimum Gasteiger partial charge on any atom is -0.0991 e. The molecule has 0 radical (unpaired) electrons. The monoisotopic (exact) mass is 464 g/mol. The molecule has 0 amide bonds. The number of halogens is 1. The van der Waals surface area contributed by atoms with Crippen molar-refractivity contribution >= 4 is 33.4 Å². The molecule has 0 nitrogen and oxygen atoms in total. The zero-order chi connectivity index (χ0) is 19.2. The molecule has 0 heterocycles. The lowest BCUT2D eigenvalue weighted by atomic mass is 9.76. The highest BCUT2D eigenvalue weighted by Gasteiger charge is 2.42. The molecule has 1 aliphatic carbocycles. The van der Waals surface area contributed by atoms with E-state index in [2.05, 4.69) is 117 Å². The Kier molecular flexibility index (Phi) is 4.75. The van der Waals surface area contributed by atoms with Gasteiger partial charge in [0.2, 0.25) is 0 Å². The maximum atomic E-state index is 3.84. The van der Waals surface area contributed by atoms with Crippen LogP contribution in [0.5, 0.6) is 0 Å². The lowest BCUT2D eigenvalue weighted by molar-refractivity contribution is 0.381. The summed E-state index contributed by atoms with van der Waals surface area (Å²) in [5.74, 6) is 1.03. The number of hydrogen-bond acceptors (Lipinski definition) is 0. The second-order valence-electron chi connectivity index (χ2n) is 8.17.